The number of carbonyl (C=O) groups is 1. The van der Waals surface area contributed by atoms with Gasteiger partial charge < -0.3 is 15.4 Å². The van der Waals surface area contributed by atoms with Gasteiger partial charge in [-0.15, -0.1) is 0 Å². The molecular formula is C14H29N3O2. The molecule has 112 valence electrons. The third-order valence-electron chi connectivity index (χ3n) is 3.28. The molecule has 0 radical (unpaired) electrons. The van der Waals surface area contributed by atoms with Crippen LogP contribution in [0.2, 0.25) is 0 Å². The van der Waals surface area contributed by atoms with Crippen LogP contribution in [0.5, 0.6) is 0 Å². The first-order valence-corrected chi connectivity index (χ1v) is 7.45. The smallest absolute Gasteiger partial charge is 0.222 e. The van der Waals surface area contributed by atoms with Gasteiger partial charge in [-0.1, -0.05) is 20.8 Å². The molecule has 0 saturated carbocycles. The van der Waals surface area contributed by atoms with Gasteiger partial charge in [0.2, 0.25) is 5.91 Å². The van der Waals surface area contributed by atoms with Crippen molar-refractivity contribution in [1.29, 1.82) is 0 Å². The molecule has 1 heterocycles. The number of amides is 1. The van der Waals surface area contributed by atoms with Crippen LogP contribution in [0.4, 0.5) is 0 Å². The van der Waals surface area contributed by atoms with Gasteiger partial charge in [-0.05, 0) is 13.0 Å². The minimum atomic E-state index is 0.0398. The lowest BCUT2D eigenvalue weighted by molar-refractivity contribution is -0.125. The minimum absolute atomic E-state index is 0.0398. The summed E-state index contributed by atoms with van der Waals surface area (Å²) < 4.78 is 5.69. The third-order valence-corrected chi connectivity index (χ3v) is 3.28. The Balaban J connectivity index is 2.17. The van der Waals surface area contributed by atoms with Crippen LogP contribution < -0.4 is 10.6 Å². The average molecular weight is 271 g/mol. The number of ether oxygens (including phenoxy) is 1. The molecule has 19 heavy (non-hydrogen) atoms. The van der Waals surface area contributed by atoms with Crippen molar-refractivity contribution >= 4 is 5.91 Å². The number of morpholine rings is 1. The molecule has 1 rings (SSSR count). The second kappa shape index (κ2) is 9.28. The van der Waals surface area contributed by atoms with Gasteiger partial charge in [0.05, 0.1) is 12.7 Å². The van der Waals surface area contributed by atoms with E-state index in [1.54, 1.807) is 0 Å². The van der Waals surface area contributed by atoms with Crippen molar-refractivity contribution in [2.75, 3.05) is 45.9 Å². The summed E-state index contributed by atoms with van der Waals surface area (Å²) >= 11 is 0. The Labute approximate surface area is 117 Å². The molecule has 0 bridgehead atoms. The molecule has 2 N–H and O–H groups in total. The van der Waals surface area contributed by atoms with Crippen LogP contribution in [-0.4, -0.2) is 62.8 Å². The highest BCUT2D eigenvalue weighted by Crippen LogP contribution is 2.04. The van der Waals surface area contributed by atoms with Crippen LogP contribution in [-0.2, 0) is 9.53 Å². The zero-order valence-corrected chi connectivity index (χ0v) is 12.6. The molecule has 0 aromatic heterocycles. The molecule has 0 spiro atoms. The topological polar surface area (TPSA) is 53.6 Å². The quantitative estimate of drug-likeness (QED) is 0.630. The molecule has 1 atom stereocenters. The molecule has 5 nitrogen and oxygen atoms in total. The van der Waals surface area contributed by atoms with Gasteiger partial charge in [0, 0.05) is 38.6 Å². The number of carbonyl (C=O) groups excluding carboxylic acids is 1. The first-order chi connectivity index (χ1) is 9.13. The van der Waals surface area contributed by atoms with Crippen molar-refractivity contribution in [3.63, 3.8) is 0 Å². The monoisotopic (exact) mass is 271 g/mol. The van der Waals surface area contributed by atoms with E-state index in [1.165, 1.54) is 6.42 Å². The van der Waals surface area contributed by atoms with E-state index in [2.05, 4.69) is 22.5 Å². The minimum Gasteiger partial charge on any atom is -0.374 e. The van der Waals surface area contributed by atoms with Crippen LogP contribution in [0.25, 0.3) is 0 Å². The van der Waals surface area contributed by atoms with Crippen molar-refractivity contribution in [2.24, 2.45) is 5.92 Å². The molecule has 1 aliphatic rings. The fraction of sp³-hybridized carbons (Fsp3) is 0.929. The molecule has 0 aromatic carbocycles. The maximum Gasteiger partial charge on any atom is 0.222 e. The molecule has 1 saturated heterocycles. The normalized spacial score (nSPS) is 20.7. The van der Waals surface area contributed by atoms with E-state index in [-0.39, 0.29) is 17.9 Å². The van der Waals surface area contributed by atoms with Gasteiger partial charge in [-0.25, -0.2) is 0 Å². The van der Waals surface area contributed by atoms with Crippen molar-refractivity contribution in [3.05, 3.63) is 0 Å². The number of nitrogens with zero attached hydrogens (tertiary/aromatic N) is 1. The van der Waals surface area contributed by atoms with E-state index in [9.17, 15) is 4.79 Å². The lowest BCUT2D eigenvalue weighted by Crippen LogP contribution is -2.49. The van der Waals surface area contributed by atoms with E-state index in [0.717, 1.165) is 39.3 Å². The van der Waals surface area contributed by atoms with Crippen LogP contribution in [0, 0.1) is 5.92 Å². The van der Waals surface area contributed by atoms with Crippen LogP contribution in [0.15, 0.2) is 0 Å². The van der Waals surface area contributed by atoms with Crippen molar-refractivity contribution in [1.82, 2.24) is 15.5 Å². The van der Waals surface area contributed by atoms with Crippen LogP contribution in [0.1, 0.15) is 27.2 Å². The molecule has 1 unspecified atom stereocenters. The summed E-state index contributed by atoms with van der Waals surface area (Å²) in [6.45, 7) is 12.4. The van der Waals surface area contributed by atoms with E-state index in [0.29, 0.717) is 6.54 Å². The highest BCUT2D eigenvalue weighted by molar-refractivity contribution is 5.77. The summed E-state index contributed by atoms with van der Waals surface area (Å²) in [6.07, 6.45) is 1.30. The summed E-state index contributed by atoms with van der Waals surface area (Å²) in [7, 11) is 0. The number of rotatable bonds is 8. The van der Waals surface area contributed by atoms with Gasteiger partial charge in [0.15, 0.2) is 0 Å². The average Bonchev–Trinajstić information content (AvgIpc) is 2.41. The highest BCUT2D eigenvalue weighted by atomic mass is 16.5. The molecule has 5 heteroatoms. The zero-order valence-electron chi connectivity index (χ0n) is 12.6. The van der Waals surface area contributed by atoms with Crippen molar-refractivity contribution < 1.29 is 9.53 Å². The molecule has 0 aliphatic carbocycles. The van der Waals surface area contributed by atoms with E-state index >= 15 is 0 Å². The molecule has 0 aromatic rings. The van der Waals surface area contributed by atoms with Gasteiger partial charge >= 0.3 is 0 Å². The van der Waals surface area contributed by atoms with E-state index in [1.807, 2.05) is 13.8 Å². The fourth-order valence-electron chi connectivity index (χ4n) is 2.06. The van der Waals surface area contributed by atoms with Gasteiger partial charge in [0.1, 0.15) is 0 Å². The second-order valence-electron chi connectivity index (χ2n) is 5.44. The maximum absolute atomic E-state index is 11.5. The van der Waals surface area contributed by atoms with Gasteiger partial charge in [0.25, 0.3) is 0 Å². The Morgan fingerprint density at radius 3 is 2.89 bits per heavy atom. The maximum atomic E-state index is 11.5. The summed E-state index contributed by atoms with van der Waals surface area (Å²) in [5.41, 5.74) is 0. The van der Waals surface area contributed by atoms with E-state index < -0.39 is 0 Å². The lowest BCUT2D eigenvalue weighted by Gasteiger charge is -2.33. The summed E-state index contributed by atoms with van der Waals surface area (Å²) in [5.74, 6) is 0.142. The van der Waals surface area contributed by atoms with E-state index in [4.69, 9.17) is 4.74 Å². The Kier molecular flexibility index (Phi) is 8.02. The highest BCUT2D eigenvalue weighted by Gasteiger charge is 2.20. The molecule has 1 fully saturated rings. The first kappa shape index (κ1) is 16.4. The standard InChI is InChI=1S/C14H29N3O2/c1-4-5-15-6-7-17-8-9-19-13(11-17)10-16-14(18)12(2)3/h12-13,15H,4-11H2,1-3H3,(H,16,18). The Morgan fingerprint density at radius 1 is 1.42 bits per heavy atom. The third kappa shape index (κ3) is 6.89. The SMILES string of the molecule is CCCNCCN1CCOC(CNC(=O)C(C)C)C1. The number of hydrogen-bond acceptors (Lipinski definition) is 4. The Morgan fingerprint density at radius 2 is 2.21 bits per heavy atom. The lowest BCUT2D eigenvalue weighted by atomic mass is 10.2. The zero-order chi connectivity index (χ0) is 14.1. The fourth-order valence-corrected chi connectivity index (χ4v) is 2.06. The summed E-state index contributed by atoms with van der Waals surface area (Å²) in [4.78, 5) is 13.9. The van der Waals surface area contributed by atoms with Crippen LogP contribution >= 0.6 is 0 Å². The molecule has 1 amide bonds. The molecule has 1 aliphatic heterocycles. The predicted molar refractivity (Wildman–Crippen MR) is 77.2 cm³/mol. The van der Waals surface area contributed by atoms with Crippen LogP contribution in [0.3, 0.4) is 0 Å². The predicted octanol–water partition coefficient (Wildman–Crippen LogP) is 0.459. The van der Waals surface area contributed by atoms with Crippen molar-refractivity contribution in [2.45, 2.75) is 33.3 Å². The Hall–Kier alpha value is -0.650. The number of hydrogen-bond donors (Lipinski definition) is 2. The van der Waals surface area contributed by atoms with Gasteiger partial charge in [-0.3, -0.25) is 9.69 Å². The summed E-state index contributed by atoms with van der Waals surface area (Å²) in [5, 5.41) is 6.35. The number of nitrogens with one attached hydrogen (secondary N) is 2. The Bertz CT molecular complexity index is 259. The van der Waals surface area contributed by atoms with Gasteiger partial charge in [-0.2, -0.15) is 0 Å². The summed E-state index contributed by atoms with van der Waals surface area (Å²) in [6, 6.07) is 0. The van der Waals surface area contributed by atoms with Crippen molar-refractivity contribution in [3.8, 4) is 0 Å². The largest absolute Gasteiger partial charge is 0.374 e. The second-order valence-corrected chi connectivity index (χ2v) is 5.44. The molecular weight excluding hydrogens is 242 g/mol. The first-order valence-electron chi connectivity index (χ1n) is 7.45.